The fraction of sp³-hybridized carbons (Fsp3) is 0.611. The summed E-state index contributed by atoms with van der Waals surface area (Å²) in [4.78, 5) is 14.9. The minimum absolute atomic E-state index is 0.0137. The Balaban J connectivity index is 2.26. The van der Waals surface area contributed by atoms with Gasteiger partial charge in [0.05, 0.1) is 24.5 Å². The molecule has 1 aliphatic heterocycles. The number of carbonyl (C=O) groups is 1. The molecule has 2 atom stereocenters. The van der Waals surface area contributed by atoms with E-state index in [-0.39, 0.29) is 35.3 Å². The molecular weight excluding hydrogens is 326 g/mol. The third kappa shape index (κ3) is 4.09. The van der Waals surface area contributed by atoms with Crippen LogP contribution in [0.3, 0.4) is 0 Å². The molecule has 1 amide bonds. The zero-order valence-electron chi connectivity index (χ0n) is 14.9. The predicted molar refractivity (Wildman–Crippen MR) is 95.0 cm³/mol. The maximum absolute atomic E-state index is 13.2. The van der Waals surface area contributed by atoms with Crippen molar-refractivity contribution in [3.05, 3.63) is 29.8 Å². The number of ether oxygens (including phenoxy) is 1. The zero-order valence-corrected chi connectivity index (χ0v) is 15.7. The van der Waals surface area contributed by atoms with E-state index >= 15 is 0 Å². The van der Waals surface area contributed by atoms with Gasteiger partial charge < -0.3 is 9.64 Å². The Morgan fingerprint density at radius 3 is 2.33 bits per heavy atom. The number of hydrogen-bond donors (Lipinski definition) is 0. The summed E-state index contributed by atoms with van der Waals surface area (Å²) in [5.74, 6) is 0.871. The second-order valence-corrected chi connectivity index (χ2v) is 8.90. The molecule has 0 saturated carbocycles. The van der Waals surface area contributed by atoms with Gasteiger partial charge in [-0.25, -0.2) is 8.42 Å². The SMILES string of the molecule is CCN(C(=O)C(c1ccc(OC)cc1)C(C)C)C1CCS(=O)(=O)C1. The van der Waals surface area contributed by atoms with Gasteiger partial charge in [0.25, 0.3) is 0 Å². The molecule has 0 aromatic heterocycles. The van der Waals surface area contributed by atoms with Crippen LogP contribution in [0.5, 0.6) is 5.75 Å². The summed E-state index contributed by atoms with van der Waals surface area (Å²) in [6, 6.07) is 7.34. The number of rotatable bonds is 6. The average molecular weight is 353 g/mol. The van der Waals surface area contributed by atoms with E-state index in [9.17, 15) is 13.2 Å². The Kier molecular flexibility index (Phi) is 5.91. The van der Waals surface area contributed by atoms with Gasteiger partial charge in [0, 0.05) is 12.6 Å². The summed E-state index contributed by atoms with van der Waals surface area (Å²) in [6.45, 7) is 6.48. The van der Waals surface area contributed by atoms with Gasteiger partial charge in [0.1, 0.15) is 5.75 Å². The van der Waals surface area contributed by atoms with Crippen molar-refractivity contribution in [1.82, 2.24) is 4.90 Å². The highest BCUT2D eigenvalue weighted by Gasteiger charge is 2.37. The monoisotopic (exact) mass is 353 g/mol. The minimum atomic E-state index is -3.01. The third-order valence-corrected chi connectivity index (χ3v) is 6.43. The standard InChI is InChI=1S/C18H27NO4S/c1-5-19(15-10-11-24(21,22)12-15)18(20)17(13(2)3)14-6-8-16(23-4)9-7-14/h6-9,13,15,17H,5,10-12H2,1-4H3. The Labute approximate surface area is 144 Å². The number of methoxy groups -OCH3 is 1. The van der Waals surface area contributed by atoms with Crippen molar-refractivity contribution in [3.8, 4) is 5.75 Å². The van der Waals surface area contributed by atoms with E-state index in [0.29, 0.717) is 13.0 Å². The first-order chi connectivity index (χ1) is 11.3. The fourth-order valence-corrected chi connectivity index (χ4v) is 5.15. The lowest BCUT2D eigenvalue weighted by atomic mass is 9.86. The number of nitrogens with zero attached hydrogens (tertiary/aromatic N) is 1. The molecule has 1 aliphatic rings. The van der Waals surface area contributed by atoms with Crippen LogP contribution in [0.2, 0.25) is 0 Å². The molecule has 2 unspecified atom stereocenters. The van der Waals surface area contributed by atoms with Crippen molar-refractivity contribution in [1.29, 1.82) is 0 Å². The normalized spacial score (nSPS) is 20.8. The van der Waals surface area contributed by atoms with E-state index in [1.54, 1.807) is 12.0 Å². The van der Waals surface area contributed by atoms with Crippen LogP contribution in [0.15, 0.2) is 24.3 Å². The highest BCUT2D eigenvalue weighted by Crippen LogP contribution is 2.30. The van der Waals surface area contributed by atoms with Crippen LogP contribution in [-0.2, 0) is 14.6 Å². The Bertz CT molecular complexity index is 667. The highest BCUT2D eigenvalue weighted by molar-refractivity contribution is 7.91. The van der Waals surface area contributed by atoms with E-state index < -0.39 is 9.84 Å². The molecule has 0 N–H and O–H groups in total. The van der Waals surface area contributed by atoms with Gasteiger partial charge in [-0.05, 0) is 37.0 Å². The van der Waals surface area contributed by atoms with Crippen LogP contribution in [0.25, 0.3) is 0 Å². The topological polar surface area (TPSA) is 63.7 Å². The van der Waals surface area contributed by atoms with Gasteiger partial charge in [-0.2, -0.15) is 0 Å². The van der Waals surface area contributed by atoms with E-state index in [2.05, 4.69) is 0 Å². The van der Waals surface area contributed by atoms with Crippen LogP contribution in [0.1, 0.15) is 38.7 Å². The van der Waals surface area contributed by atoms with Crippen molar-refractivity contribution in [2.45, 2.75) is 39.2 Å². The van der Waals surface area contributed by atoms with E-state index in [0.717, 1.165) is 11.3 Å². The van der Waals surface area contributed by atoms with Gasteiger partial charge in [-0.3, -0.25) is 4.79 Å². The number of amides is 1. The van der Waals surface area contributed by atoms with Gasteiger partial charge in [-0.1, -0.05) is 26.0 Å². The Morgan fingerprint density at radius 2 is 1.92 bits per heavy atom. The van der Waals surface area contributed by atoms with E-state index in [1.807, 2.05) is 45.0 Å². The van der Waals surface area contributed by atoms with Gasteiger partial charge >= 0.3 is 0 Å². The molecule has 1 aromatic rings. The average Bonchev–Trinajstić information content (AvgIpc) is 2.88. The Hall–Kier alpha value is -1.56. The van der Waals surface area contributed by atoms with Crippen molar-refractivity contribution >= 4 is 15.7 Å². The summed E-state index contributed by atoms with van der Waals surface area (Å²) < 4.78 is 28.7. The molecule has 2 rings (SSSR count). The third-order valence-electron chi connectivity index (χ3n) is 4.68. The quantitative estimate of drug-likeness (QED) is 0.788. The van der Waals surface area contributed by atoms with Crippen molar-refractivity contribution in [3.63, 3.8) is 0 Å². The number of benzene rings is 1. The smallest absolute Gasteiger partial charge is 0.230 e. The first-order valence-electron chi connectivity index (χ1n) is 8.44. The predicted octanol–water partition coefficient (Wildman–Crippen LogP) is 2.47. The molecule has 0 aliphatic carbocycles. The van der Waals surface area contributed by atoms with Gasteiger partial charge in [0.2, 0.25) is 5.91 Å². The highest BCUT2D eigenvalue weighted by atomic mass is 32.2. The lowest BCUT2D eigenvalue weighted by molar-refractivity contribution is -0.135. The van der Waals surface area contributed by atoms with Crippen LogP contribution >= 0.6 is 0 Å². The van der Waals surface area contributed by atoms with Crippen molar-refractivity contribution in [2.24, 2.45) is 5.92 Å². The Morgan fingerprint density at radius 1 is 1.29 bits per heavy atom. The second-order valence-electron chi connectivity index (χ2n) is 6.68. The van der Waals surface area contributed by atoms with E-state index in [4.69, 9.17) is 4.74 Å². The lowest BCUT2D eigenvalue weighted by Gasteiger charge is -2.32. The number of sulfone groups is 1. The molecule has 6 heteroatoms. The fourth-order valence-electron chi connectivity index (χ4n) is 3.42. The molecular formula is C18H27NO4S. The molecule has 1 fully saturated rings. The van der Waals surface area contributed by atoms with Crippen molar-refractivity contribution < 1.29 is 17.9 Å². The summed E-state index contributed by atoms with van der Waals surface area (Å²) in [7, 11) is -1.40. The van der Waals surface area contributed by atoms with Crippen LogP contribution in [-0.4, -0.2) is 50.4 Å². The number of carbonyl (C=O) groups excluding carboxylic acids is 1. The van der Waals surface area contributed by atoms with Gasteiger partial charge in [0.15, 0.2) is 9.84 Å². The minimum Gasteiger partial charge on any atom is -0.497 e. The number of hydrogen-bond acceptors (Lipinski definition) is 4. The molecule has 1 aromatic carbocycles. The van der Waals surface area contributed by atoms with Crippen LogP contribution < -0.4 is 4.74 Å². The molecule has 1 saturated heterocycles. The second kappa shape index (κ2) is 7.55. The molecule has 134 valence electrons. The van der Waals surface area contributed by atoms with Crippen LogP contribution in [0, 0.1) is 5.92 Å². The first kappa shape index (κ1) is 18.8. The molecule has 1 heterocycles. The number of likely N-dealkylation sites (N-methyl/N-ethyl adjacent to an activating group) is 1. The molecule has 5 nitrogen and oxygen atoms in total. The zero-order chi connectivity index (χ0) is 17.9. The van der Waals surface area contributed by atoms with Crippen molar-refractivity contribution in [2.75, 3.05) is 25.2 Å². The largest absolute Gasteiger partial charge is 0.497 e. The maximum Gasteiger partial charge on any atom is 0.230 e. The molecule has 0 radical (unpaired) electrons. The van der Waals surface area contributed by atoms with E-state index in [1.165, 1.54) is 0 Å². The molecule has 24 heavy (non-hydrogen) atoms. The lowest BCUT2D eigenvalue weighted by Crippen LogP contribution is -2.44. The summed E-state index contributed by atoms with van der Waals surface area (Å²) >= 11 is 0. The van der Waals surface area contributed by atoms with Gasteiger partial charge in [-0.15, -0.1) is 0 Å². The summed E-state index contributed by atoms with van der Waals surface area (Å²) in [6.07, 6.45) is 0.537. The molecule has 0 spiro atoms. The summed E-state index contributed by atoms with van der Waals surface area (Å²) in [5.41, 5.74) is 0.940. The molecule has 0 bridgehead atoms. The maximum atomic E-state index is 13.2. The summed E-state index contributed by atoms with van der Waals surface area (Å²) in [5, 5.41) is 0. The first-order valence-corrected chi connectivity index (χ1v) is 10.3. The van der Waals surface area contributed by atoms with Crippen LogP contribution in [0.4, 0.5) is 0 Å².